The summed E-state index contributed by atoms with van der Waals surface area (Å²) in [7, 11) is 0. The molecule has 3 rings (SSSR count). The fraction of sp³-hybridized carbons (Fsp3) is 0.625. The van der Waals surface area contributed by atoms with Gasteiger partial charge in [-0.25, -0.2) is 0 Å². The molecule has 0 radical (unpaired) electrons. The maximum Gasteiger partial charge on any atom is 0.0405 e. The van der Waals surface area contributed by atoms with Gasteiger partial charge in [-0.3, -0.25) is 4.90 Å². The summed E-state index contributed by atoms with van der Waals surface area (Å²) in [6.45, 7) is 9.29. The lowest BCUT2D eigenvalue weighted by atomic mass is 9.89. The van der Waals surface area contributed by atoms with Gasteiger partial charge in [-0.1, -0.05) is 18.2 Å². The lowest BCUT2D eigenvalue weighted by Crippen LogP contribution is -2.51. The summed E-state index contributed by atoms with van der Waals surface area (Å²) in [5.41, 5.74) is 4.83. The molecule has 0 aromatic heterocycles. The van der Waals surface area contributed by atoms with Crippen LogP contribution < -0.4 is 5.32 Å². The van der Waals surface area contributed by atoms with E-state index in [-0.39, 0.29) is 5.54 Å². The summed E-state index contributed by atoms with van der Waals surface area (Å²) in [5.74, 6) is 0. The van der Waals surface area contributed by atoms with Crippen molar-refractivity contribution in [3.63, 3.8) is 0 Å². The van der Waals surface area contributed by atoms with Crippen molar-refractivity contribution in [2.45, 2.75) is 38.6 Å². The van der Waals surface area contributed by atoms with Crippen molar-refractivity contribution in [1.29, 1.82) is 0 Å². The molecule has 1 aliphatic heterocycles. The van der Waals surface area contributed by atoms with Crippen LogP contribution in [0.15, 0.2) is 18.2 Å². The largest absolute Gasteiger partial charge is 0.314 e. The molecule has 2 nitrogen and oxygen atoms in total. The molecule has 98 valence electrons. The topological polar surface area (TPSA) is 15.3 Å². The lowest BCUT2D eigenvalue weighted by molar-refractivity contribution is 0.102. The van der Waals surface area contributed by atoms with E-state index in [0.717, 1.165) is 26.2 Å². The van der Waals surface area contributed by atoms with E-state index in [9.17, 15) is 0 Å². The molecule has 0 saturated carbocycles. The Balaban J connectivity index is 1.87. The predicted octanol–water partition coefficient (Wildman–Crippen LogP) is 2.32. The molecule has 1 heterocycles. The summed E-state index contributed by atoms with van der Waals surface area (Å²) in [5, 5.41) is 3.44. The van der Waals surface area contributed by atoms with Crippen LogP contribution in [0.5, 0.6) is 0 Å². The van der Waals surface area contributed by atoms with E-state index in [1.54, 1.807) is 11.1 Å². The number of benzene rings is 1. The van der Waals surface area contributed by atoms with Crippen LogP contribution in [0, 0.1) is 0 Å². The molecule has 2 heteroatoms. The van der Waals surface area contributed by atoms with Crippen molar-refractivity contribution in [3.05, 3.63) is 34.9 Å². The molecular formula is C16H24N2. The molecule has 1 aliphatic carbocycles. The van der Waals surface area contributed by atoms with Crippen LogP contribution in [-0.4, -0.2) is 31.1 Å². The van der Waals surface area contributed by atoms with Gasteiger partial charge in [0.2, 0.25) is 0 Å². The van der Waals surface area contributed by atoms with Crippen LogP contribution in [0.2, 0.25) is 0 Å². The highest BCUT2D eigenvalue weighted by atomic mass is 15.2. The molecule has 18 heavy (non-hydrogen) atoms. The third-order valence-electron chi connectivity index (χ3n) is 4.71. The molecule has 1 N–H and O–H groups in total. The van der Waals surface area contributed by atoms with Gasteiger partial charge in [-0.05, 0) is 49.8 Å². The number of hydrogen-bond donors (Lipinski definition) is 1. The van der Waals surface area contributed by atoms with Gasteiger partial charge >= 0.3 is 0 Å². The number of aryl methyl sites for hydroxylation is 2. The Morgan fingerprint density at radius 2 is 1.78 bits per heavy atom. The van der Waals surface area contributed by atoms with Gasteiger partial charge in [0.1, 0.15) is 0 Å². The van der Waals surface area contributed by atoms with Crippen LogP contribution in [0.3, 0.4) is 0 Å². The number of nitrogens with one attached hydrogen (secondary N) is 1. The van der Waals surface area contributed by atoms with E-state index in [0.29, 0.717) is 0 Å². The predicted molar refractivity (Wildman–Crippen MR) is 75.9 cm³/mol. The van der Waals surface area contributed by atoms with Gasteiger partial charge in [0.05, 0.1) is 0 Å². The fourth-order valence-corrected chi connectivity index (χ4v) is 3.36. The van der Waals surface area contributed by atoms with Crippen LogP contribution in [-0.2, 0) is 18.4 Å². The molecule has 0 spiro atoms. The van der Waals surface area contributed by atoms with Gasteiger partial charge in [-0.15, -0.1) is 0 Å². The van der Waals surface area contributed by atoms with Crippen molar-refractivity contribution in [2.24, 2.45) is 0 Å². The van der Waals surface area contributed by atoms with Gasteiger partial charge in [-0.2, -0.15) is 0 Å². The van der Waals surface area contributed by atoms with Crippen molar-refractivity contribution in [1.82, 2.24) is 10.2 Å². The Labute approximate surface area is 110 Å². The minimum Gasteiger partial charge on any atom is -0.314 e. The van der Waals surface area contributed by atoms with E-state index in [1.807, 2.05) is 0 Å². The summed E-state index contributed by atoms with van der Waals surface area (Å²) >= 11 is 0. The number of rotatable bonds is 2. The van der Waals surface area contributed by atoms with Gasteiger partial charge in [0, 0.05) is 31.7 Å². The minimum atomic E-state index is 0.166. The van der Waals surface area contributed by atoms with Crippen LogP contribution >= 0.6 is 0 Å². The van der Waals surface area contributed by atoms with Crippen molar-refractivity contribution >= 4 is 0 Å². The third-order valence-corrected chi connectivity index (χ3v) is 4.71. The van der Waals surface area contributed by atoms with Crippen LogP contribution in [0.4, 0.5) is 0 Å². The standard InChI is InChI=1S/C16H24N2/c1-16(2,18-10-8-17-9-11-18)15-7-6-13-4-3-5-14(13)12-15/h6-7,12,17H,3-5,8-11H2,1-2H3. The fourth-order valence-electron chi connectivity index (χ4n) is 3.36. The zero-order valence-electron chi connectivity index (χ0n) is 11.6. The Morgan fingerprint density at radius 1 is 1.06 bits per heavy atom. The monoisotopic (exact) mass is 244 g/mol. The van der Waals surface area contributed by atoms with Crippen molar-refractivity contribution < 1.29 is 0 Å². The first-order valence-electron chi connectivity index (χ1n) is 7.26. The number of hydrogen-bond acceptors (Lipinski definition) is 2. The second-order valence-electron chi connectivity index (χ2n) is 6.13. The van der Waals surface area contributed by atoms with E-state index < -0.39 is 0 Å². The second kappa shape index (κ2) is 4.67. The van der Waals surface area contributed by atoms with Crippen LogP contribution in [0.1, 0.15) is 37.0 Å². The Bertz CT molecular complexity index is 431. The van der Waals surface area contributed by atoms with Crippen LogP contribution in [0.25, 0.3) is 0 Å². The molecule has 1 aromatic carbocycles. The summed E-state index contributed by atoms with van der Waals surface area (Å²) < 4.78 is 0. The smallest absolute Gasteiger partial charge is 0.0405 e. The Morgan fingerprint density at radius 3 is 2.56 bits per heavy atom. The zero-order valence-corrected chi connectivity index (χ0v) is 11.6. The lowest BCUT2D eigenvalue weighted by Gasteiger charge is -2.41. The average molecular weight is 244 g/mol. The third kappa shape index (κ3) is 2.08. The van der Waals surface area contributed by atoms with E-state index >= 15 is 0 Å². The molecule has 1 saturated heterocycles. The first-order valence-corrected chi connectivity index (χ1v) is 7.26. The molecule has 0 amide bonds. The number of nitrogens with zero attached hydrogens (tertiary/aromatic N) is 1. The zero-order chi connectivity index (χ0) is 12.6. The molecule has 0 atom stereocenters. The quantitative estimate of drug-likeness (QED) is 0.859. The van der Waals surface area contributed by atoms with E-state index in [1.165, 1.54) is 24.8 Å². The molecule has 0 bridgehead atoms. The van der Waals surface area contributed by atoms with Gasteiger partial charge in [0.15, 0.2) is 0 Å². The first-order chi connectivity index (χ1) is 8.68. The second-order valence-corrected chi connectivity index (χ2v) is 6.13. The summed E-state index contributed by atoms with van der Waals surface area (Å²) in [6.07, 6.45) is 3.90. The normalized spacial score (nSPS) is 21.0. The molecule has 1 aromatic rings. The maximum atomic E-state index is 3.44. The molecular weight excluding hydrogens is 220 g/mol. The highest BCUT2D eigenvalue weighted by Gasteiger charge is 2.30. The molecule has 2 aliphatic rings. The Hall–Kier alpha value is -0.860. The number of fused-ring (bicyclic) bond motifs is 1. The molecule has 1 fully saturated rings. The van der Waals surface area contributed by atoms with Crippen molar-refractivity contribution in [3.8, 4) is 0 Å². The summed E-state index contributed by atoms with van der Waals surface area (Å²) in [6, 6.07) is 7.18. The maximum absolute atomic E-state index is 3.44. The number of piperazine rings is 1. The minimum absolute atomic E-state index is 0.166. The Kier molecular flexibility index (Phi) is 3.16. The highest BCUT2D eigenvalue weighted by Crippen LogP contribution is 2.32. The summed E-state index contributed by atoms with van der Waals surface area (Å²) in [4.78, 5) is 2.61. The SMILES string of the molecule is CC(C)(c1ccc2c(c1)CCC2)N1CCNCC1. The first kappa shape index (κ1) is 12.2. The van der Waals surface area contributed by atoms with Gasteiger partial charge in [0.25, 0.3) is 0 Å². The highest BCUT2D eigenvalue weighted by molar-refractivity contribution is 5.38. The van der Waals surface area contributed by atoms with E-state index in [4.69, 9.17) is 0 Å². The van der Waals surface area contributed by atoms with Gasteiger partial charge < -0.3 is 5.32 Å². The van der Waals surface area contributed by atoms with E-state index in [2.05, 4.69) is 42.3 Å². The molecule has 0 unspecified atom stereocenters. The van der Waals surface area contributed by atoms with Crippen molar-refractivity contribution in [2.75, 3.05) is 26.2 Å². The average Bonchev–Trinajstić information content (AvgIpc) is 2.87.